The van der Waals surface area contributed by atoms with Crippen LogP contribution < -0.4 is 20.7 Å². The molecule has 3 fully saturated rings. The summed E-state index contributed by atoms with van der Waals surface area (Å²) in [4.78, 5) is 28.3. The first kappa shape index (κ1) is 26.3. The Hall–Kier alpha value is -2.32. The van der Waals surface area contributed by atoms with E-state index in [2.05, 4.69) is 33.0 Å². The number of benzene rings is 2. The molecule has 2 amide bonds. The van der Waals surface area contributed by atoms with Crippen LogP contribution in [0.4, 0.5) is 0 Å². The lowest BCUT2D eigenvalue weighted by molar-refractivity contribution is -0.124. The third-order valence-corrected chi connectivity index (χ3v) is 8.23. The number of ether oxygens (including phenoxy) is 1. The number of hydrogen-bond donors (Lipinski definition) is 3. The zero-order valence-electron chi connectivity index (χ0n) is 20.8. The average Bonchev–Trinajstić information content (AvgIpc) is 3.12. The van der Waals surface area contributed by atoms with Gasteiger partial charge < -0.3 is 20.7 Å². The summed E-state index contributed by atoms with van der Waals surface area (Å²) in [5, 5.41) is 10.7. The first-order chi connectivity index (χ1) is 17.9. The molecule has 0 spiro atoms. The Kier molecular flexibility index (Phi) is 8.55. The van der Waals surface area contributed by atoms with Crippen LogP contribution in [0.5, 0.6) is 5.75 Å². The van der Waals surface area contributed by atoms with Gasteiger partial charge in [0.1, 0.15) is 5.75 Å². The summed E-state index contributed by atoms with van der Waals surface area (Å²) in [7, 11) is 0. The lowest BCUT2D eigenvalue weighted by atomic mass is 9.96. The maximum absolute atomic E-state index is 12.9. The molecule has 0 radical (unpaired) electrons. The summed E-state index contributed by atoms with van der Waals surface area (Å²) in [6, 6.07) is 14.1. The predicted octanol–water partition coefficient (Wildman–Crippen LogP) is 4.17. The molecule has 5 rings (SSSR count). The van der Waals surface area contributed by atoms with E-state index in [1.807, 2.05) is 12.1 Å². The van der Waals surface area contributed by atoms with Crippen LogP contribution in [0.15, 0.2) is 42.5 Å². The number of carbonyl (C=O) groups is 2. The Morgan fingerprint density at radius 2 is 1.57 bits per heavy atom. The molecule has 1 unspecified atom stereocenters. The van der Waals surface area contributed by atoms with E-state index in [1.54, 1.807) is 18.2 Å². The molecule has 0 saturated carbocycles. The van der Waals surface area contributed by atoms with Crippen LogP contribution in [-0.2, 0) is 11.3 Å². The molecule has 9 heteroatoms. The summed E-state index contributed by atoms with van der Waals surface area (Å²) < 4.78 is 5.82. The van der Waals surface area contributed by atoms with E-state index in [-0.39, 0.29) is 30.5 Å². The fraction of sp³-hybridized carbons (Fsp3) is 0.500. The molecule has 3 aliphatic rings. The Bertz CT molecular complexity index is 1090. The third kappa shape index (κ3) is 6.77. The largest absolute Gasteiger partial charge is 0.483 e. The van der Waals surface area contributed by atoms with Crippen LogP contribution in [0.3, 0.4) is 0 Å². The van der Waals surface area contributed by atoms with E-state index in [9.17, 15) is 9.59 Å². The van der Waals surface area contributed by atoms with Crippen molar-refractivity contribution in [1.29, 1.82) is 0 Å². The molecular formula is C28H34Cl2N4O3. The molecular weight excluding hydrogens is 511 g/mol. The molecule has 0 aromatic heterocycles. The number of halogens is 2. The zero-order valence-corrected chi connectivity index (χ0v) is 22.4. The van der Waals surface area contributed by atoms with Crippen LogP contribution in [0.1, 0.15) is 54.4 Å². The van der Waals surface area contributed by atoms with Crippen molar-refractivity contribution in [2.24, 2.45) is 0 Å². The molecule has 3 heterocycles. The Morgan fingerprint density at radius 3 is 2.27 bits per heavy atom. The number of rotatable bonds is 8. The molecule has 3 atom stereocenters. The fourth-order valence-corrected chi connectivity index (χ4v) is 6.20. The zero-order chi connectivity index (χ0) is 25.8. The van der Waals surface area contributed by atoms with Gasteiger partial charge in [0.05, 0.1) is 5.56 Å². The first-order valence-electron chi connectivity index (χ1n) is 13.2. The molecule has 2 aromatic rings. The molecule has 2 aromatic carbocycles. The van der Waals surface area contributed by atoms with E-state index >= 15 is 0 Å². The Morgan fingerprint density at radius 1 is 0.892 bits per heavy atom. The maximum Gasteiger partial charge on any atom is 0.258 e. The van der Waals surface area contributed by atoms with Gasteiger partial charge in [-0.2, -0.15) is 0 Å². The Labute approximate surface area is 228 Å². The fourth-order valence-electron chi connectivity index (χ4n) is 5.90. The number of hydrogen-bond acceptors (Lipinski definition) is 5. The number of carbonyl (C=O) groups excluding carboxylic acids is 2. The number of amides is 2. The Balaban J connectivity index is 1.13. The smallest absolute Gasteiger partial charge is 0.258 e. The van der Waals surface area contributed by atoms with E-state index in [4.69, 9.17) is 27.9 Å². The minimum absolute atomic E-state index is 0.116. The second-order valence-corrected chi connectivity index (χ2v) is 11.2. The van der Waals surface area contributed by atoms with Gasteiger partial charge in [0, 0.05) is 40.8 Å². The molecule has 3 saturated heterocycles. The highest BCUT2D eigenvalue weighted by molar-refractivity contribution is 6.31. The third-order valence-electron chi connectivity index (χ3n) is 7.75. The molecule has 198 valence electrons. The van der Waals surface area contributed by atoms with Gasteiger partial charge in [0.25, 0.3) is 11.8 Å². The van der Waals surface area contributed by atoms with Crippen molar-refractivity contribution in [2.75, 3.05) is 19.7 Å². The van der Waals surface area contributed by atoms with Gasteiger partial charge in [0.15, 0.2) is 6.61 Å². The van der Waals surface area contributed by atoms with Gasteiger partial charge in [-0.1, -0.05) is 35.3 Å². The van der Waals surface area contributed by atoms with Gasteiger partial charge >= 0.3 is 0 Å². The molecule has 0 aliphatic carbocycles. The molecule has 37 heavy (non-hydrogen) atoms. The van der Waals surface area contributed by atoms with Crippen molar-refractivity contribution in [2.45, 2.75) is 69.2 Å². The second kappa shape index (κ2) is 12.0. The van der Waals surface area contributed by atoms with Gasteiger partial charge in [0.2, 0.25) is 0 Å². The van der Waals surface area contributed by atoms with Gasteiger partial charge in [-0.05, 0) is 87.5 Å². The monoisotopic (exact) mass is 544 g/mol. The minimum Gasteiger partial charge on any atom is -0.483 e. The lowest BCUT2D eigenvalue weighted by Gasteiger charge is -2.39. The van der Waals surface area contributed by atoms with Crippen LogP contribution in [-0.4, -0.2) is 60.6 Å². The minimum atomic E-state index is -0.227. The summed E-state index contributed by atoms with van der Waals surface area (Å²) in [5.74, 6) is -0.0338. The quantitative estimate of drug-likeness (QED) is 0.464. The average molecular weight is 546 g/mol. The van der Waals surface area contributed by atoms with Crippen LogP contribution in [0.2, 0.25) is 10.0 Å². The topological polar surface area (TPSA) is 82.7 Å². The standard InChI is InChI=1S/C28H34Cl2N4O3/c29-19-3-1-18(2-4-19)16-34-23-6-7-24(34)15-22(14-23)32-27(35)17-37-26-8-5-20(30)13-25(26)28(36)33-21-9-11-31-12-10-21/h1-5,8,13,21-24,31H,6-7,9-12,14-17H2,(H,32,35)(H,33,36)/t22?,23-,24+. The van der Waals surface area contributed by atoms with Gasteiger partial charge in [-0.3, -0.25) is 14.5 Å². The lowest BCUT2D eigenvalue weighted by Crippen LogP contribution is -2.50. The number of nitrogens with one attached hydrogen (secondary N) is 3. The van der Waals surface area contributed by atoms with Crippen LogP contribution in [0, 0.1) is 0 Å². The normalized spacial score (nSPS) is 24.0. The molecule has 2 bridgehead atoms. The second-order valence-electron chi connectivity index (χ2n) is 10.3. The maximum atomic E-state index is 12.9. The van der Waals surface area contributed by atoms with E-state index in [0.717, 1.165) is 63.2 Å². The van der Waals surface area contributed by atoms with E-state index in [1.165, 1.54) is 5.56 Å². The van der Waals surface area contributed by atoms with Crippen molar-refractivity contribution >= 4 is 35.0 Å². The van der Waals surface area contributed by atoms with Gasteiger partial charge in [-0.15, -0.1) is 0 Å². The number of nitrogens with zero attached hydrogens (tertiary/aromatic N) is 1. The summed E-state index contributed by atoms with van der Waals surface area (Å²) in [5.41, 5.74) is 1.62. The van der Waals surface area contributed by atoms with Crippen molar-refractivity contribution < 1.29 is 14.3 Å². The SMILES string of the molecule is O=C(COc1ccc(Cl)cc1C(=O)NC1CCNCC1)NC1C[C@H]2CC[C@@H](C1)N2Cc1ccc(Cl)cc1. The van der Waals surface area contributed by atoms with Crippen molar-refractivity contribution in [1.82, 2.24) is 20.9 Å². The number of fused-ring (bicyclic) bond motifs is 2. The van der Waals surface area contributed by atoms with Gasteiger partial charge in [-0.25, -0.2) is 0 Å². The van der Waals surface area contributed by atoms with E-state index < -0.39 is 0 Å². The van der Waals surface area contributed by atoms with Crippen LogP contribution in [0.25, 0.3) is 0 Å². The summed E-state index contributed by atoms with van der Waals surface area (Å²) in [6.07, 6.45) is 5.93. The summed E-state index contributed by atoms with van der Waals surface area (Å²) >= 11 is 12.2. The number of piperidine rings is 2. The molecule has 3 aliphatic heterocycles. The van der Waals surface area contributed by atoms with Crippen molar-refractivity contribution in [3.05, 3.63) is 63.6 Å². The summed E-state index contributed by atoms with van der Waals surface area (Å²) in [6.45, 7) is 2.53. The highest BCUT2D eigenvalue weighted by atomic mass is 35.5. The van der Waals surface area contributed by atoms with E-state index in [0.29, 0.717) is 28.4 Å². The van der Waals surface area contributed by atoms with Crippen LogP contribution >= 0.6 is 23.2 Å². The highest BCUT2D eigenvalue weighted by Crippen LogP contribution is 2.37. The predicted molar refractivity (Wildman–Crippen MR) is 145 cm³/mol. The molecule has 3 N–H and O–H groups in total. The molecule has 7 nitrogen and oxygen atoms in total. The highest BCUT2D eigenvalue weighted by Gasteiger charge is 2.40. The first-order valence-corrected chi connectivity index (χ1v) is 13.9. The van der Waals surface area contributed by atoms with Crippen molar-refractivity contribution in [3.63, 3.8) is 0 Å². The van der Waals surface area contributed by atoms with Crippen molar-refractivity contribution in [3.8, 4) is 5.75 Å².